The van der Waals surface area contributed by atoms with Gasteiger partial charge in [0.2, 0.25) is 0 Å². The van der Waals surface area contributed by atoms with Crippen LogP contribution in [0, 0.1) is 12.8 Å². The van der Waals surface area contributed by atoms with Crippen molar-refractivity contribution in [3.63, 3.8) is 0 Å². The average molecular weight is 286 g/mol. The summed E-state index contributed by atoms with van der Waals surface area (Å²) in [5.74, 6) is 1.67. The van der Waals surface area contributed by atoms with Crippen molar-refractivity contribution in [2.75, 3.05) is 24.2 Å². The van der Waals surface area contributed by atoms with Crippen LogP contribution < -0.4 is 10.6 Å². The Labute approximate surface area is 106 Å². The second kappa shape index (κ2) is 5.53. The molecule has 0 fully saturated rings. The molecule has 0 saturated carbocycles. The molecule has 0 bridgehead atoms. The van der Waals surface area contributed by atoms with Gasteiger partial charge in [0.15, 0.2) is 0 Å². The van der Waals surface area contributed by atoms with Crippen LogP contribution in [0.1, 0.15) is 25.8 Å². The van der Waals surface area contributed by atoms with Crippen LogP contribution >= 0.6 is 15.9 Å². The quantitative estimate of drug-likeness (QED) is 0.924. The molecule has 0 aromatic carbocycles. The Morgan fingerprint density at radius 2 is 2.12 bits per heavy atom. The Balaban J connectivity index is 2.84. The van der Waals surface area contributed by atoms with Gasteiger partial charge in [-0.25, -0.2) is 4.98 Å². The van der Waals surface area contributed by atoms with Crippen molar-refractivity contribution >= 4 is 27.4 Å². The lowest BCUT2D eigenvalue weighted by molar-refractivity contribution is 0.583. The van der Waals surface area contributed by atoms with Gasteiger partial charge in [-0.05, 0) is 40.8 Å². The predicted molar refractivity (Wildman–Crippen MR) is 73.8 cm³/mol. The number of aromatic nitrogens is 1. The summed E-state index contributed by atoms with van der Waals surface area (Å²) in [6.07, 6.45) is 2.88. The van der Waals surface area contributed by atoms with Crippen LogP contribution in [-0.4, -0.2) is 18.6 Å². The molecule has 1 rings (SSSR count). The minimum absolute atomic E-state index is 0.705. The summed E-state index contributed by atoms with van der Waals surface area (Å²) < 4.78 is 0.999. The number of nitrogens with zero attached hydrogens (tertiary/aromatic N) is 2. The number of pyridine rings is 1. The van der Waals surface area contributed by atoms with Crippen LogP contribution in [0.3, 0.4) is 0 Å². The first-order valence-corrected chi connectivity index (χ1v) is 6.34. The molecule has 90 valence electrons. The van der Waals surface area contributed by atoms with Crippen LogP contribution in [0.2, 0.25) is 0 Å². The number of hydrogen-bond acceptors (Lipinski definition) is 3. The molecule has 0 amide bonds. The zero-order valence-electron chi connectivity index (χ0n) is 10.4. The topological polar surface area (TPSA) is 42.1 Å². The van der Waals surface area contributed by atoms with Gasteiger partial charge < -0.3 is 10.6 Å². The number of rotatable bonds is 4. The second-order valence-corrected chi connectivity index (χ2v) is 5.37. The van der Waals surface area contributed by atoms with Crippen LogP contribution in [-0.2, 0) is 0 Å². The zero-order valence-corrected chi connectivity index (χ0v) is 12.0. The first kappa shape index (κ1) is 13.3. The molecule has 1 aromatic rings. The van der Waals surface area contributed by atoms with Gasteiger partial charge in [-0.2, -0.15) is 0 Å². The van der Waals surface area contributed by atoms with Crippen molar-refractivity contribution in [1.82, 2.24) is 4.98 Å². The highest BCUT2D eigenvalue weighted by Crippen LogP contribution is 2.29. The Kier molecular flexibility index (Phi) is 4.59. The highest BCUT2D eigenvalue weighted by molar-refractivity contribution is 9.10. The minimum atomic E-state index is 0.705. The van der Waals surface area contributed by atoms with E-state index in [1.807, 2.05) is 6.92 Å². The van der Waals surface area contributed by atoms with E-state index in [-0.39, 0.29) is 0 Å². The fourth-order valence-corrected chi connectivity index (χ4v) is 2.04. The standard InChI is InChI=1S/C12H20BrN3/c1-8(2)5-6-16(4)12-11(13)9(3)10(14)7-15-12/h7-8H,5-6,14H2,1-4H3. The summed E-state index contributed by atoms with van der Waals surface area (Å²) >= 11 is 3.55. The van der Waals surface area contributed by atoms with E-state index in [4.69, 9.17) is 5.73 Å². The van der Waals surface area contributed by atoms with E-state index in [2.05, 4.69) is 46.7 Å². The third-order valence-corrected chi connectivity index (χ3v) is 3.64. The number of anilines is 2. The van der Waals surface area contributed by atoms with Crippen molar-refractivity contribution in [2.24, 2.45) is 5.92 Å². The van der Waals surface area contributed by atoms with Gasteiger partial charge in [-0.3, -0.25) is 0 Å². The van der Waals surface area contributed by atoms with E-state index in [1.165, 1.54) is 0 Å². The summed E-state index contributed by atoms with van der Waals surface area (Å²) in [4.78, 5) is 6.53. The molecule has 0 unspecified atom stereocenters. The van der Waals surface area contributed by atoms with Crippen molar-refractivity contribution in [3.05, 3.63) is 16.2 Å². The molecule has 0 aliphatic heterocycles. The predicted octanol–water partition coefficient (Wildman–Crippen LogP) is 3.22. The highest BCUT2D eigenvalue weighted by atomic mass is 79.9. The maximum atomic E-state index is 5.80. The van der Waals surface area contributed by atoms with Gasteiger partial charge in [0.1, 0.15) is 5.82 Å². The number of nitrogens with two attached hydrogens (primary N) is 1. The molecule has 1 heterocycles. The second-order valence-electron chi connectivity index (χ2n) is 4.58. The lowest BCUT2D eigenvalue weighted by atomic mass is 10.1. The maximum absolute atomic E-state index is 5.80. The number of halogens is 1. The molecule has 0 spiro atoms. The molecule has 2 N–H and O–H groups in total. The Morgan fingerprint density at radius 3 is 2.69 bits per heavy atom. The van der Waals surface area contributed by atoms with Gasteiger partial charge in [0.25, 0.3) is 0 Å². The lowest BCUT2D eigenvalue weighted by Crippen LogP contribution is -2.21. The fourth-order valence-electron chi connectivity index (χ4n) is 1.40. The Bertz CT molecular complexity index is 364. The smallest absolute Gasteiger partial charge is 0.143 e. The van der Waals surface area contributed by atoms with Crippen LogP contribution in [0.15, 0.2) is 10.7 Å². The maximum Gasteiger partial charge on any atom is 0.143 e. The zero-order chi connectivity index (χ0) is 12.3. The van der Waals surface area contributed by atoms with Crippen molar-refractivity contribution in [2.45, 2.75) is 27.2 Å². The summed E-state index contributed by atoms with van der Waals surface area (Å²) in [7, 11) is 2.06. The first-order chi connectivity index (χ1) is 7.43. The monoisotopic (exact) mass is 285 g/mol. The third-order valence-electron chi connectivity index (χ3n) is 2.69. The summed E-state index contributed by atoms with van der Waals surface area (Å²) in [5.41, 5.74) is 7.59. The first-order valence-electron chi connectivity index (χ1n) is 5.55. The van der Waals surface area contributed by atoms with Crippen molar-refractivity contribution < 1.29 is 0 Å². The Morgan fingerprint density at radius 1 is 1.50 bits per heavy atom. The number of nitrogen functional groups attached to an aromatic ring is 1. The van der Waals surface area contributed by atoms with Crippen LogP contribution in [0.5, 0.6) is 0 Å². The summed E-state index contributed by atoms with van der Waals surface area (Å²) in [6, 6.07) is 0. The van der Waals surface area contributed by atoms with E-state index in [0.717, 1.165) is 34.5 Å². The van der Waals surface area contributed by atoms with Crippen LogP contribution in [0.4, 0.5) is 11.5 Å². The highest BCUT2D eigenvalue weighted by Gasteiger charge is 2.11. The van der Waals surface area contributed by atoms with Gasteiger partial charge in [-0.15, -0.1) is 0 Å². The normalized spacial score (nSPS) is 10.9. The van der Waals surface area contributed by atoms with Crippen LogP contribution in [0.25, 0.3) is 0 Å². The van der Waals surface area contributed by atoms with E-state index in [1.54, 1.807) is 6.20 Å². The van der Waals surface area contributed by atoms with Gasteiger partial charge in [-0.1, -0.05) is 13.8 Å². The molecular weight excluding hydrogens is 266 g/mol. The van der Waals surface area contributed by atoms with E-state index < -0.39 is 0 Å². The van der Waals surface area contributed by atoms with Gasteiger partial charge in [0.05, 0.1) is 16.4 Å². The van der Waals surface area contributed by atoms with E-state index in [0.29, 0.717) is 5.92 Å². The molecule has 0 atom stereocenters. The number of hydrogen-bond donors (Lipinski definition) is 1. The molecule has 0 radical (unpaired) electrons. The van der Waals surface area contributed by atoms with Gasteiger partial charge in [0, 0.05) is 13.6 Å². The van der Waals surface area contributed by atoms with Crippen molar-refractivity contribution in [3.8, 4) is 0 Å². The molecular formula is C12H20BrN3. The summed E-state index contributed by atoms with van der Waals surface area (Å²) in [6.45, 7) is 7.46. The average Bonchev–Trinajstić information content (AvgIpc) is 2.23. The van der Waals surface area contributed by atoms with Gasteiger partial charge >= 0.3 is 0 Å². The molecule has 16 heavy (non-hydrogen) atoms. The van der Waals surface area contributed by atoms with E-state index in [9.17, 15) is 0 Å². The molecule has 4 heteroatoms. The molecule has 0 aliphatic carbocycles. The SMILES string of the molecule is Cc1c(N)cnc(N(C)CCC(C)C)c1Br. The van der Waals surface area contributed by atoms with E-state index >= 15 is 0 Å². The minimum Gasteiger partial charge on any atom is -0.397 e. The molecule has 3 nitrogen and oxygen atoms in total. The Hall–Kier alpha value is -0.770. The fraction of sp³-hybridized carbons (Fsp3) is 0.583. The third kappa shape index (κ3) is 3.11. The largest absolute Gasteiger partial charge is 0.397 e. The molecule has 0 saturated heterocycles. The molecule has 1 aromatic heterocycles. The lowest BCUT2D eigenvalue weighted by Gasteiger charge is -2.21. The van der Waals surface area contributed by atoms with Crippen molar-refractivity contribution in [1.29, 1.82) is 0 Å². The summed E-state index contributed by atoms with van der Waals surface area (Å²) in [5, 5.41) is 0. The molecule has 0 aliphatic rings.